The van der Waals surface area contributed by atoms with Crippen LogP contribution in [-0.2, 0) is 4.79 Å². The summed E-state index contributed by atoms with van der Waals surface area (Å²) < 4.78 is 5.78. The molecule has 0 aliphatic carbocycles. The molecule has 0 aliphatic heterocycles. The van der Waals surface area contributed by atoms with Gasteiger partial charge in [0.05, 0.1) is 27.8 Å². The van der Waals surface area contributed by atoms with Crippen LogP contribution in [0.3, 0.4) is 0 Å². The zero-order valence-corrected chi connectivity index (χ0v) is 14.3. The number of rotatable bonds is 6. The van der Waals surface area contributed by atoms with Gasteiger partial charge in [0.15, 0.2) is 0 Å². The number of carboxylic acid groups (broad SMARTS) is 1. The fourth-order valence-corrected chi connectivity index (χ4v) is 2.54. The van der Waals surface area contributed by atoms with Crippen molar-refractivity contribution in [1.82, 2.24) is 10.3 Å². The molecule has 8 nitrogen and oxygen atoms in total. The highest BCUT2D eigenvalue weighted by Crippen LogP contribution is 2.33. The van der Waals surface area contributed by atoms with Gasteiger partial charge in [-0.2, -0.15) is 0 Å². The Morgan fingerprint density at radius 3 is 2.64 bits per heavy atom. The highest BCUT2D eigenvalue weighted by molar-refractivity contribution is 6.06. The van der Waals surface area contributed by atoms with Crippen molar-refractivity contribution in [3.63, 3.8) is 0 Å². The molecule has 1 heterocycles. The number of pyridine rings is 1. The summed E-state index contributed by atoms with van der Waals surface area (Å²) in [5.41, 5.74) is 6.19. The molecular formula is C17H21N3O5. The molecule has 0 bridgehead atoms. The maximum Gasteiger partial charge on any atom is 0.339 e. The second-order valence-electron chi connectivity index (χ2n) is 6.32. The maximum atomic E-state index is 11.4. The van der Waals surface area contributed by atoms with E-state index in [4.69, 9.17) is 15.6 Å². The number of benzene rings is 1. The average Bonchev–Trinajstić information content (AvgIpc) is 2.51. The topological polar surface area (TPSA) is 135 Å². The number of aromatic nitrogens is 1. The summed E-state index contributed by atoms with van der Waals surface area (Å²) >= 11 is 0. The summed E-state index contributed by atoms with van der Waals surface area (Å²) in [4.78, 5) is 27.1. The molecule has 5 N–H and O–H groups in total. The number of anilines is 1. The largest absolute Gasteiger partial charge is 0.490 e. The van der Waals surface area contributed by atoms with Gasteiger partial charge in [-0.3, -0.25) is 9.78 Å². The van der Waals surface area contributed by atoms with Gasteiger partial charge in [0.1, 0.15) is 24.5 Å². The quantitative estimate of drug-likeness (QED) is 0.614. The first-order chi connectivity index (χ1) is 11.7. The smallest absolute Gasteiger partial charge is 0.339 e. The third kappa shape index (κ3) is 3.97. The molecule has 0 saturated carbocycles. The van der Waals surface area contributed by atoms with Crippen LogP contribution in [0.15, 0.2) is 18.2 Å². The minimum absolute atomic E-state index is 0.0589. The van der Waals surface area contributed by atoms with Gasteiger partial charge < -0.3 is 26.0 Å². The maximum absolute atomic E-state index is 11.4. The van der Waals surface area contributed by atoms with E-state index in [1.165, 1.54) is 0 Å². The molecule has 8 heteroatoms. The fraction of sp³-hybridized carbons (Fsp3) is 0.353. The number of nitrogens with one attached hydrogen (secondary N) is 1. The molecule has 0 atom stereocenters. The van der Waals surface area contributed by atoms with Crippen LogP contribution in [0.25, 0.3) is 10.9 Å². The number of nitrogens with zero attached hydrogens (tertiary/aromatic N) is 1. The van der Waals surface area contributed by atoms with E-state index in [0.717, 1.165) is 0 Å². The molecule has 25 heavy (non-hydrogen) atoms. The molecular weight excluding hydrogens is 326 g/mol. The first kappa shape index (κ1) is 18.5. The lowest BCUT2D eigenvalue weighted by Gasteiger charge is -2.26. The van der Waals surface area contributed by atoms with Crippen molar-refractivity contribution in [2.45, 2.75) is 26.3 Å². The number of hydrogen-bond acceptors (Lipinski definition) is 6. The number of ether oxygens (including phenoxy) is 1. The summed E-state index contributed by atoms with van der Waals surface area (Å²) in [6.07, 6.45) is 0. The Kier molecular flexibility index (Phi) is 5.13. The van der Waals surface area contributed by atoms with Crippen molar-refractivity contribution in [1.29, 1.82) is 0 Å². The fourth-order valence-electron chi connectivity index (χ4n) is 2.54. The van der Waals surface area contributed by atoms with E-state index in [1.54, 1.807) is 39.0 Å². The average molecular weight is 347 g/mol. The van der Waals surface area contributed by atoms with E-state index < -0.39 is 24.0 Å². The van der Waals surface area contributed by atoms with Gasteiger partial charge in [0.2, 0.25) is 5.91 Å². The van der Waals surface area contributed by atoms with Crippen LogP contribution in [0.4, 0.5) is 5.69 Å². The van der Waals surface area contributed by atoms with E-state index in [-0.39, 0.29) is 17.9 Å². The van der Waals surface area contributed by atoms with Gasteiger partial charge in [-0.15, -0.1) is 0 Å². The Morgan fingerprint density at radius 2 is 2.04 bits per heavy atom. The van der Waals surface area contributed by atoms with Crippen LogP contribution in [-0.4, -0.2) is 45.8 Å². The molecule has 2 aromatic rings. The zero-order chi connectivity index (χ0) is 18.8. The third-order valence-corrected chi connectivity index (χ3v) is 3.62. The number of aryl methyl sites for hydroxylation is 1. The first-order valence-electron chi connectivity index (χ1n) is 7.63. The third-order valence-electron chi connectivity index (χ3n) is 3.62. The number of carbonyl (C=O) groups is 2. The number of fused-ring (bicyclic) bond motifs is 1. The summed E-state index contributed by atoms with van der Waals surface area (Å²) in [5.74, 6) is -1.30. The number of aliphatic hydroxyl groups is 1. The van der Waals surface area contributed by atoms with Crippen molar-refractivity contribution in [2.24, 2.45) is 0 Å². The number of carbonyl (C=O) groups excluding carboxylic acids is 1. The molecule has 1 aromatic carbocycles. The number of aromatic carboxylic acids is 1. The molecule has 1 aromatic heterocycles. The van der Waals surface area contributed by atoms with Gasteiger partial charge in [-0.05, 0) is 32.9 Å². The molecule has 1 amide bonds. The minimum atomic E-state index is -1.16. The van der Waals surface area contributed by atoms with Crippen molar-refractivity contribution in [3.8, 4) is 5.75 Å². The van der Waals surface area contributed by atoms with E-state index in [9.17, 15) is 14.7 Å². The Morgan fingerprint density at radius 1 is 1.36 bits per heavy atom. The number of aliphatic hydroxyl groups excluding tert-OH is 1. The van der Waals surface area contributed by atoms with Crippen molar-refractivity contribution in [2.75, 3.05) is 18.9 Å². The summed E-state index contributed by atoms with van der Waals surface area (Å²) in [6, 6.07) is 5.10. The molecule has 0 saturated heterocycles. The highest BCUT2D eigenvalue weighted by Gasteiger charge is 2.23. The lowest BCUT2D eigenvalue weighted by atomic mass is 10.0. The van der Waals surface area contributed by atoms with Gasteiger partial charge in [0, 0.05) is 0 Å². The SMILES string of the molecule is Cc1nc2cccc(OCC(C)(C)NC(=O)CO)c2c(N)c1C(=O)O. The highest BCUT2D eigenvalue weighted by atomic mass is 16.5. The molecule has 0 aliphatic rings. The van der Waals surface area contributed by atoms with Crippen molar-refractivity contribution < 1.29 is 24.5 Å². The zero-order valence-electron chi connectivity index (χ0n) is 14.3. The Hall–Kier alpha value is -2.87. The van der Waals surface area contributed by atoms with Gasteiger partial charge >= 0.3 is 5.97 Å². The lowest BCUT2D eigenvalue weighted by Crippen LogP contribution is -2.48. The van der Waals surface area contributed by atoms with Crippen LogP contribution in [0.5, 0.6) is 5.75 Å². The molecule has 0 spiro atoms. The van der Waals surface area contributed by atoms with Crippen molar-refractivity contribution >= 4 is 28.5 Å². The second-order valence-corrected chi connectivity index (χ2v) is 6.32. The normalized spacial score (nSPS) is 11.4. The van der Waals surface area contributed by atoms with Crippen LogP contribution in [0.1, 0.15) is 29.9 Å². The first-order valence-corrected chi connectivity index (χ1v) is 7.63. The van der Waals surface area contributed by atoms with Crippen LogP contribution < -0.4 is 15.8 Å². The number of carboxylic acids is 1. The van der Waals surface area contributed by atoms with Crippen molar-refractivity contribution in [3.05, 3.63) is 29.5 Å². The van der Waals surface area contributed by atoms with Crippen LogP contribution in [0.2, 0.25) is 0 Å². The minimum Gasteiger partial charge on any atom is -0.490 e. The van der Waals surface area contributed by atoms with Gasteiger partial charge in [-0.1, -0.05) is 6.07 Å². The number of nitrogen functional groups attached to an aromatic ring is 1. The number of hydrogen-bond donors (Lipinski definition) is 4. The second kappa shape index (κ2) is 6.94. The Labute approximate surface area is 144 Å². The predicted octanol–water partition coefficient (Wildman–Crippen LogP) is 1.09. The standard InChI is InChI=1S/C17H21N3O5/c1-9-13(16(23)24)15(18)14-10(19-9)5-4-6-11(14)25-8-17(2,3)20-12(22)7-21/h4-6,21H,7-8H2,1-3H3,(H2,18,19)(H,20,22)(H,23,24). The lowest BCUT2D eigenvalue weighted by molar-refractivity contribution is -0.125. The molecule has 0 unspecified atom stereocenters. The van der Waals surface area contributed by atoms with E-state index in [1.807, 2.05) is 0 Å². The monoisotopic (exact) mass is 347 g/mol. The van der Waals surface area contributed by atoms with Crippen LogP contribution >= 0.6 is 0 Å². The number of nitrogens with two attached hydrogens (primary N) is 1. The van der Waals surface area contributed by atoms with Crippen LogP contribution in [0, 0.1) is 6.92 Å². The van der Waals surface area contributed by atoms with E-state index in [0.29, 0.717) is 22.3 Å². The Balaban J connectivity index is 2.40. The van der Waals surface area contributed by atoms with Gasteiger partial charge in [-0.25, -0.2) is 4.79 Å². The molecule has 134 valence electrons. The predicted molar refractivity (Wildman–Crippen MR) is 92.7 cm³/mol. The Bertz CT molecular complexity index is 833. The van der Waals surface area contributed by atoms with E-state index >= 15 is 0 Å². The van der Waals surface area contributed by atoms with Gasteiger partial charge in [0.25, 0.3) is 0 Å². The van der Waals surface area contributed by atoms with E-state index in [2.05, 4.69) is 10.3 Å². The molecule has 0 radical (unpaired) electrons. The summed E-state index contributed by atoms with van der Waals surface area (Å²) in [7, 11) is 0. The number of amides is 1. The summed E-state index contributed by atoms with van der Waals surface area (Å²) in [6.45, 7) is 4.53. The molecule has 2 rings (SSSR count). The molecule has 0 fully saturated rings. The summed E-state index contributed by atoms with van der Waals surface area (Å²) in [5, 5.41) is 21.2.